The molecule has 3 N–H and O–H groups in total. The number of methoxy groups -OCH3 is 2. The highest BCUT2D eigenvalue weighted by Gasteiger charge is 2.25. The number of hydrogen-bond acceptors (Lipinski definition) is 6. The van der Waals surface area contributed by atoms with Crippen molar-refractivity contribution < 1.29 is 14.3 Å². The number of aromatic amines is 1. The number of nitrogens with two attached hydrogens (primary N) is 1. The molecular weight excluding hydrogens is 352 g/mol. The smallest absolute Gasteiger partial charge is 0.330 e. The van der Waals surface area contributed by atoms with Gasteiger partial charge in [0.1, 0.15) is 11.6 Å². The first-order chi connectivity index (χ1) is 12.9. The minimum atomic E-state index is -0.725. The summed E-state index contributed by atoms with van der Waals surface area (Å²) < 4.78 is 11.5. The molecule has 0 radical (unpaired) electrons. The van der Waals surface area contributed by atoms with Gasteiger partial charge in [-0.1, -0.05) is 13.0 Å². The van der Waals surface area contributed by atoms with Gasteiger partial charge in [-0.15, -0.1) is 0 Å². The molecule has 1 amide bonds. The van der Waals surface area contributed by atoms with Crippen molar-refractivity contribution in [3.05, 3.63) is 50.7 Å². The normalized spacial score (nSPS) is 10.6. The Hall–Kier alpha value is -3.07. The van der Waals surface area contributed by atoms with Crippen LogP contribution in [-0.2, 0) is 11.3 Å². The number of ether oxygens (including phenoxy) is 2. The predicted octanol–water partition coefficient (Wildman–Crippen LogP) is 0.831. The van der Waals surface area contributed by atoms with Gasteiger partial charge in [0.05, 0.1) is 13.7 Å². The summed E-state index contributed by atoms with van der Waals surface area (Å²) in [6.45, 7) is 2.46. The van der Waals surface area contributed by atoms with E-state index in [9.17, 15) is 14.4 Å². The van der Waals surface area contributed by atoms with Gasteiger partial charge in [-0.3, -0.25) is 24.0 Å². The molecule has 2 rings (SSSR count). The number of nitrogens with one attached hydrogen (secondary N) is 1. The summed E-state index contributed by atoms with van der Waals surface area (Å²) in [6.07, 6.45) is 0.636. The molecule has 0 fully saturated rings. The standard InChI is InChI=1S/C18H24N4O5/c1-4-8-22-15(19)14(16(23)20-18(22)25)21(9-10-26-2)17(24)12-6-5-7-13(11-12)27-3/h5-7,11H,4,8-10,19H2,1-3H3,(H,20,23,25). The van der Waals surface area contributed by atoms with Crippen LogP contribution in [0.1, 0.15) is 23.7 Å². The summed E-state index contributed by atoms with van der Waals surface area (Å²) in [6, 6.07) is 6.55. The summed E-state index contributed by atoms with van der Waals surface area (Å²) in [5.41, 5.74) is 5.01. The third-order valence-electron chi connectivity index (χ3n) is 4.01. The maximum atomic E-state index is 13.1. The lowest BCUT2D eigenvalue weighted by Gasteiger charge is -2.24. The second-order valence-electron chi connectivity index (χ2n) is 5.83. The molecule has 9 nitrogen and oxygen atoms in total. The van der Waals surface area contributed by atoms with Crippen molar-refractivity contribution in [2.75, 3.05) is 38.0 Å². The van der Waals surface area contributed by atoms with Gasteiger partial charge in [0.25, 0.3) is 11.5 Å². The number of nitrogen functional groups attached to an aromatic ring is 1. The third kappa shape index (κ3) is 4.37. The molecule has 0 spiro atoms. The maximum absolute atomic E-state index is 13.1. The minimum absolute atomic E-state index is 0.0575. The van der Waals surface area contributed by atoms with Crippen molar-refractivity contribution in [2.45, 2.75) is 19.9 Å². The Labute approximate surface area is 156 Å². The molecular formula is C18H24N4O5. The van der Waals surface area contributed by atoms with Gasteiger partial charge in [0.15, 0.2) is 5.69 Å². The van der Waals surface area contributed by atoms with Crippen LogP contribution in [0.3, 0.4) is 0 Å². The predicted molar refractivity (Wildman–Crippen MR) is 103 cm³/mol. The summed E-state index contributed by atoms with van der Waals surface area (Å²) in [7, 11) is 2.98. The second kappa shape index (κ2) is 9.04. The molecule has 0 unspecified atom stereocenters. The average Bonchev–Trinajstić information content (AvgIpc) is 2.67. The Morgan fingerprint density at radius 2 is 2.04 bits per heavy atom. The molecule has 0 atom stereocenters. The van der Waals surface area contributed by atoms with Crippen LogP contribution in [0.5, 0.6) is 5.75 Å². The van der Waals surface area contributed by atoms with Crippen LogP contribution >= 0.6 is 0 Å². The lowest BCUT2D eigenvalue weighted by Crippen LogP contribution is -2.42. The van der Waals surface area contributed by atoms with Crippen LogP contribution in [0.15, 0.2) is 33.9 Å². The van der Waals surface area contributed by atoms with E-state index in [-0.39, 0.29) is 24.7 Å². The number of anilines is 2. The zero-order valence-electron chi connectivity index (χ0n) is 15.7. The molecule has 0 saturated carbocycles. The van der Waals surface area contributed by atoms with E-state index in [2.05, 4.69) is 4.98 Å². The van der Waals surface area contributed by atoms with Crippen LogP contribution < -0.4 is 26.6 Å². The monoisotopic (exact) mass is 376 g/mol. The number of rotatable bonds is 8. The number of carbonyl (C=O) groups excluding carboxylic acids is 1. The van der Waals surface area contributed by atoms with Crippen molar-refractivity contribution in [1.82, 2.24) is 9.55 Å². The first kappa shape index (κ1) is 20.2. The van der Waals surface area contributed by atoms with Gasteiger partial charge in [-0.05, 0) is 24.6 Å². The van der Waals surface area contributed by atoms with Crippen LogP contribution in [0.4, 0.5) is 11.5 Å². The van der Waals surface area contributed by atoms with Crippen LogP contribution in [0, 0.1) is 0 Å². The fourth-order valence-electron chi connectivity index (χ4n) is 2.69. The van der Waals surface area contributed by atoms with Crippen molar-refractivity contribution in [3.8, 4) is 5.75 Å². The first-order valence-corrected chi connectivity index (χ1v) is 8.52. The average molecular weight is 376 g/mol. The fraction of sp³-hybridized carbons (Fsp3) is 0.389. The Balaban J connectivity index is 2.59. The van der Waals surface area contributed by atoms with E-state index in [0.29, 0.717) is 24.3 Å². The van der Waals surface area contributed by atoms with E-state index in [1.165, 1.54) is 23.7 Å². The Kier molecular flexibility index (Phi) is 6.78. The van der Waals surface area contributed by atoms with E-state index in [1.807, 2.05) is 6.92 Å². The highest BCUT2D eigenvalue weighted by molar-refractivity contribution is 6.07. The molecule has 9 heteroatoms. The SMILES string of the molecule is CCCn1c(N)c(N(CCOC)C(=O)c2cccc(OC)c2)c(=O)[nH]c1=O. The molecule has 2 aromatic rings. The van der Waals surface area contributed by atoms with Crippen LogP contribution in [0.2, 0.25) is 0 Å². The third-order valence-corrected chi connectivity index (χ3v) is 4.01. The Morgan fingerprint density at radius 1 is 1.30 bits per heavy atom. The van der Waals surface area contributed by atoms with Gasteiger partial charge >= 0.3 is 5.69 Å². The van der Waals surface area contributed by atoms with E-state index in [4.69, 9.17) is 15.2 Å². The summed E-state index contributed by atoms with van der Waals surface area (Å²) in [4.78, 5) is 41.1. The number of hydrogen-bond donors (Lipinski definition) is 2. The molecule has 1 aromatic carbocycles. The van der Waals surface area contributed by atoms with E-state index < -0.39 is 17.2 Å². The molecule has 146 valence electrons. The summed E-state index contributed by atoms with van der Waals surface area (Å²) >= 11 is 0. The first-order valence-electron chi connectivity index (χ1n) is 8.52. The Bertz CT molecular complexity index is 919. The van der Waals surface area contributed by atoms with Crippen molar-refractivity contribution in [3.63, 3.8) is 0 Å². The number of nitrogens with zero attached hydrogens (tertiary/aromatic N) is 2. The van der Waals surface area contributed by atoms with Crippen LogP contribution in [0.25, 0.3) is 0 Å². The van der Waals surface area contributed by atoms with Gasteiger partial charge in [0, 0.05) is 25.8 Å². The molecule has 0 aliphatic carbocycles. The van der Waals surface area contributed by atoms with Crippen LogP contribution in [-0.4, -0.2) is 42.8 Å². The number of amides is 1. The molecule has 27 heavy (non-hydrogen) atoms. The molecule has 0 saturated heterocycles. The molecule has 0 aliphatic heterocycles. The van der Waals surface area contributed by atoms with Crippen molar-refractivity contribution >= 4 is 17.4 Å². The molecule has 0 aliphatic rings. The Morgan fingerprint density at radius 3 is 2.67 bits per heavy atom. The fourth-order valence-corrected chi connectivity index (χ4v) is 2.69. The van der Waals surface area contributed by atoms with E-state index >= 15 is 0 Å². The van der Waals surface area contributed by atoms with Crippen molar-refractivity contribution in [1.29, 1.82) is 0 Å². The zero-order valence-corrected chi connectivity index (χ0v) is 15.7. The van der Waals surface area contributed by atoms with E-state index in [1.54, 1.807) is 24.3 Å². The number of H-pyrrole nitrogens is 1. The van der Waals surface area contributed by atoms with Gasteiger partial charge in [0.2, 0.25) is 0 Å². The van der Waals surface area contributed by atoms with E-state index in [0.717, 1.165) is 0 Å². The zero-order chi connectivity index (χ0) is 20.0. The van der Waals surface area contributed by atoms with Gasteiger partial charge < -0.3 is 15.2 Å². The maximum Gasteiger partial charge on any atom is 0.330 e. The number of carbonyl (C=O) groups is 1. The summed E-state index contributed by atoms with van der Waals surface area (Å²) in [5, 5.41) is 0. The number of benzene rings is 1. The molecule has 1 heterocycles. The number of aromatic nitrogens is 2. The highest BCUT2D eigenvalue weighted by atomic mass is 16.5. The minimum Gasteiger partial charge on any atom is -0.497 e. The van der Waals surface area contributed by atoms with Crippen molar-refractivity contribution in [2.24, 2.45) is 0 Å². The molecule has 1 aromatic heterocycles. The van der Waals surface area contributed by atoms with Gasteiger partial charge in [-0.25, -0.2) is 4.79 Å². The highest BCUT2D eigenvalue weighted by Crippen LogP contribution is 2.21. The molecule has 0 bridgehead atoms. The quantitative estimate of drug-likeness (QED) is 0.704. The lowest BCUT2D eigenvalue weighted by atomic mass is 10.1. The largest absolute Gasteiger partial charge is 0.497 e. The lowest BCUT2D eigenvalue weighted by molar-refractivity contribution is 0.0975. The second-order valence-corrected chi connectivity index (χ2v) is 5.83. The topological polar surface area (TPSA) is 120 Å². The summed E-state index contributed by atoms with van der Waals surface area (Å²) in [5.74, 6) is -0.00632. The van der Waals surface area contributed by atoms with Gasteiger partial charge in [-0.2, -0.15) is 0 Å².